The van der Waals surface area contributed by atoms with Crippen LogP contribution in [0.25, 0.3) is 11.3 Å². The lowest BCUT2D eigenvalue weighted by molar-refractivity contribution is -0.137. The molecule has 1 aromatic heterocycles. The molecule has 2 rings (SSSR count). The van der Waals surface area contributed by atoms with E-state index in [-0.39, 0.29) is 5.69 Å². The number of hydrogen-bond donors (Lipinski definition) is 1. The van der Waals surface area contributed by atoms with Crippen molar-refractivity contribution in [1.29, 1.82) is 0 Å². The SMILES string of the molecule is O=C(O)Cn1cnc(-c2ccc(Cl)cc2)c(F)c1=O. The largest absolute Gasteiger partial charge is 0.480 e. The molecule has 0 atom stereocenters. The lowest BCUT2D eigenvalue weighted by atomic mass is 10.1. The van der Waals surface area contributed by atoms with Gasteiger partial charge in [0.2, 0.25) is 5.82 Å². The molecule has 0 aliphatic heterocycles. The van der Waals surface area contributed by atoms with Crippen LogP contribution in [0.2, 0.25) is 5.02 Å². The molecule has 0 radical (unpaired) electrons. The Kier molecular flexibility index (Phi) is 3.62. The summed E-state index contributed by atoms with van der Waals surface area (Å²) in [6, 6.07) is 6.13. The first-order valence-electron chi connectivity index (χ1n) is 5.21. The number of halogens is 2. The van der Waals surface area contributed by atoms with Crippen LogP contribution in [-0.4, -0.2) is 20.6 Å². The van der Waals surface area contributed by atoms with Gasteiger partial charge in [-0.15, -0.1) is 0 Å². The van der Waals surface area contributed by atoms with Crippen LogP contribution in [-0.2, 0) is 11.3 Å². The smallest absolute Gasteiger partial charge is 0.323 e. The molecule has 0 spiro atoms. The molecular formula is C12H8ClFN2O3. The summed E-state index contributed by atoms with van der Waals surface area (Å²) in [6.45, 7) is -0.635. The van der Waals surface area contributed by atoms with Gasteiger partial charge in [-0.05, 0) is 12.1 Å². The number of aromatic nitrogens is 2. The van der Waals surface area contributed by atoms with E-state index in [1.54, 1.807) is 12.1 Å². The Labute approximate surface area is 111 Å². The van der Waals surface area contributed by atoms with Crippen LogP contribution < -0.4 is 5.56 Å². The van der Waals surface area contributed by atoms with Crippen LogP contribution >= 0.6 is 11.6 Å². The van der Waals surface area contributed by atoms with Crippen LogP contribution in [0.1, 0.15) is 0 Å². The first-order valence-corrected chi connectivity index (χ1v) is 5.59. The van der Waals surface area contributed by atoms with E-state index in [1.807, 2.05) is 0 Å². The summed E-state index contributed by atoms with van der Waals surface area (Å²) in [7, 11) is 0. The normalized spacial score (nSPS) is 10.4. The number of aliphatic carboxylic acids is 1. The van der Waals surface area contributed by atoms with Gasteiger partial charge in [-0.2, -0.15) is 4.39 Å². The zero-order valence-corrected chi connectivity index (χ0v) is 10.3. The van der Waals surface area contributed by atoms with Crippen molar-refractivity contribution in [2.75, 3.05) is 0 Å². The predicted octanol–water partition coefficient (Wildman–Crippen LogP) is 1.79. The second-order valence-electron chi connectivity index (χ2n) is 3.74. The van der Waals surface area contributed by atoms with E-state index in [9.17, 15) is 14.0 Å². The lowest BCUT2D eigenvalue weighted by Gasteiger charge is -2.06. The van der Waals surface area contributed by atoms with Gasteiger partial charge in [0.05, 0.1) is 6.33 Å². The molecule has 98 valence electrons. The van der Waals surface area contributed by atoms with E-state index >= 15 is 0 Å². The number of carboxylic acids is 1. The summed E-state index contributed by atoms with van der Waals surface area (Å²) < 4.78 is 14.6. The molecule has 1 N–H and O–H groups in total. The van der Waals surface area contributed by atoms with Gasteiger partial charge in [0.25, 0.3) is 5.56 Å². The summed E-state index contributed by atoms with van der Waals surface area (Å²) in [6.07, 6.45) is 1.00. The zero-order valence-electron chi connectivity index (χ0n) is 9.51. The van der Waals surface area contributed by atoms with Crippen molar-refractivity contribution in [3.63, 3.8) is 0 Å². The van der Waals surface area contributed by atoms with Gasteiger partial charge in [0.1, 0.15) is 12.2 Å². The van der Waals surface area contributed by atoms with Gasteiger partial charge in [-0.25, -0.2) is 4.98 Å². The molecule has 0 aliphatic carbocycles. The third-order valence-electron chi connectivity index (χ3n) is 2.41. The second-order valence-corrected chi connectivity index (χ2v) is 4.18. The monoisotopic (exact) mass is 282 g/mol. The van der Waals surface area contributed by atoms with Crippen LogP contribution in [0.15, 0.2) is 35.4 Å². The third-order valence-corrected chi connectivity index (χ3v) is 2.66. The van der Waals surface area contributed by atoms with Gasteiger partial charge in [-0.1, -0.05) is 23.7 Å². The highest BCUT2D eigenvalue weighted by Gasteiger charge is 2.14. The maximum Gasteiger partial charge on any atom is 0.323 e. The lowest BCUT2D eigenvalue weighted by Crippen LogP contribution is -2.27. The molecule has 19 heavy (non-hydrogen) atoms. The molecule has 5 nitrogen and oxygen atoms in total. The molecule has 1 heterocycles. The number of hydrogen-bond acceptors (Lipinski definition) is 3. The third kappa shape index (κ3) is 2.79. The van der Waals surface area contributed by atoms with Crippen molar-refractivity contribution in [3.05, 3.63) is 51.8 Å². The topological polar surface area (TPSA) is 72.2 Å². The molecule has 0 fully saturated rings. The molecule has 0 saturated heterocycles. The van der Waals surface area contributed by atoms with Gasteiger partial charge in [0, 0.05) is 10.6 Å². The highest BCUT2D eigenvalue weighted by molar-refractivity contribution is 6.30. The van der Waals surface area contributed by atoms with Crippen molar-refractivity contribution >= 4 is 17.6 Å². The molecule has 2 aromatic rings. The van der Waals surface area contributed by atoms with E-state index in [0.717, 1.165) is 6.33 Å². The Hall–Kier alpha value is -2.21. The number of rotatable bonds is 3. The van der Waals surface area contributed by atoms with Crippen molar-refractivity contribution in [1.82, 2.24) is 9.55 Å². The average Bonchev–Trinajstić information content (AvgIpc) is 2.36. The maximum atomic E-state index is 13.9. The first kappa shape index (κ1) is 13.2. The molecule has 1 aromatic carbocycles. The average molecular weight is 283 g/mol. The molecule has 0 amide bonds. The van der Waals surface area contributed by atoms with Gasteiger partial charge in [0.15, 0.2) is 0 Å². The summed E-state index contributed by atoms with van der Waals surface area (Å²) >= 11 is 5.71. The summed E-state index contributed by atoms with van der Waals surface area (Å²) in [5.41, 5.74) is -0.771. The van der Waals surface area contributed by atoms with Crippen molar-refractivity contribution < 1.29 is 14.3 Å². The van der Waals surface area contributed by atoms with E-state index in [0.29, 0.717) is 15.2 Å². The zero-order chi connectivity index (χ0) is 14.0. The highest BCUT2D eigenvalue weighted by Crippen LogP contribution is 2.20. The molecular weight excluding hydrogens is 275 g/mol. The van der Waals surface area contributed by atoms with Crippen LogP contribution in [0.4, 0.5) is 4.39 Å². The van der Waals surface area contributed by atoms with Crippen molar-refractivity contribution in [3.8, 4) is 11.3 Å². The second kappa shape index (κ2) is 5.19. The molecule has 7 heteroatoms. The summed E-state index contributed by atoms with van der Waals surface area (Å²) in [5.74, 6) is -2.34. The number of benzene rings is 1. The predicted molar refractivity (Wildman–Crippen MR) is 66.5 cm³/mol. The number of nitrogens with zero attached hydrogens (tertiary/aromatic N) is 2. The van der Waals surface area contributed by atoms with Crippen molar-refractivity contribution in [2.24, 2.45) is 0 Å². The minimum atomic E-state index is -1.25. The fourth-order valence-electron chi connectivity index (χ4n) is 1.53. The number of carboxylic acid groups (broad SMARTS) is 1. The van der Waals surface area contributed by atoms with E-state index < -0.39 is 23.9 Å². The Morgan fingerprint density at radius 3 is 2.58 bits per heavy atom. The van der Waals surface area contributed by atoms with Crippen molar-refractivity contribution in [2.45, 2.75) is 6.54 Å². The summed E-state index contributed by atoms with van der Waals surface area (Å²) in [4.78, 5) is 25.9. The minimum Gasteiger partial charge on any atom is -0.480 e. The molecule has 0 saturated carbocycles. The fraction of sp³-hybridized carbons (Fsp3) is 0.0833. The Morgan fingerprint density at radius 1 is 1.37 bits per heavy atom. The highest BCUT2D eigenvalue weighted by atomic mass is 35.5. The minimum absolute atomic E-state index is 0.136. The first-order chi connectivity index (χ1) is 8.99. The Balaban J connectivity index is 2.49. The van der Waals surface area contributed by atoms with E-state index in [1.165, 1.54) is 12.1 Å². The Morgan fingerprint density at radius 2 is 2.00 bits per heavy atom. The van der Waals surface area contributed by atoms with E-state index in [4.69, 9.17) is 16.7 Å². The molecule has 0 unspecified atom stereocenters. The van der Waals surface area contributed by atoms with Gasteiger partial charge < -0.3 is 5.11 Å². The van der Waals surface area contributed by atoms with Gasteiger partial charge >= 0.3 is 5.97 Å². The molecule has 0 aliphatic rings. The number of carbonyl (C=O) groups is 1. The fourth-order valence-corrected chi connectivity index (χ4v) is 1.66. The quantitative estimate of drug-likeness (QED) is 0.931. The standard InChI is InChI=1S/C12H8ClFN2O3/c13-8-3-1-7(2-4-8)11-10(14)12(19)16(6-15-11)5-9(17)18/h1-4,6H,5H2,(H,17,18). The van der Waals surface area contributed by atoms with Crippen LogP contribution in [0, 0.1) is 5.82 Å². The van der Waals surface area contributed by atoms with Crippen LogP contribution in [0.5, 0.6) is 0 Å². The maximum absolute atomic E-state index is 13.9. The van der Waals surface area contributed by atoms with Crippen LogP contribution in [0.3, 0.4) is 0 Å². The summed E-state index contributed by atoms with van der Waals surface area (Å²) in [5, 5.41) is 9.05. The Bertz CT molecular complexity index is 682. The van der Waals surface area contributed by atoms with Gasteiger partial charge in [-0.3, -0.25) is 14.2 Å². The molecule has 0 bridgehead atoms. The van der Waals surface area contributed by atoms with E-state index in [2.05, 4.69) is 4.98 Å².